The van der Waals surface area contributed by atoms with Crippen LogP contribution in [0.5, 0.6) is 0 Å². The van der Waals surface area contributed by atoms with E-state index in [1.807, 2.05) is 18.2 Å². The summed E-state index contributed by atoms with van der Waals surface area (Å²) in [6, 6.07) is 12.4. The molecule has 0 bridgehead atoms. The SMILES string of the molecule is O=C(CNC(=O)C(F)(F)F)Nc1cccc2ccccc12. The molecule has 2 aromatic carbocycles. The summed E-state index contributed by atoms with van der Waals surface area (Å²) in [5.41, 5.74) is 0.472. The van der Waals surface area contributed by atoms with E-state index in [4.69, 9.17) is 0 Å². The van der Waals surface area contributed by atoms with Crippen molar-refractivity contribution in [2.45, 2.75) is 6.18 Å². The third-order valence-corrected chi connectivity index (χ3v) is 2.73. The highest BCUT2D eigenvalue weighted by Crippen LogP contribution is 2.22. The Morgan fingerprint density at radius 1 is 1.00 bits per heavy atom. The number of anilines is 1. The van der Waals surface area contributed by atoms with Gasteiger partial charge in [0.2, 0.25) is 5.91 Å². The van der Waals surface area contributed by atoms with Crippen LogP contribution in [-0.4, -0.2) is 24.5 Å². The summed E-state index contributed by atoms with van der Waals surface area (Å²) >= 11 is 0. The second-order valence-corrected chi connectivity index (χ2v) is 4.26. The smallest absolute Gasteiger partial charge is 0.339 e. The Morgan fingerprint density at radius 3 is 2.38 bits per heavy atom. The van der Waals surface area contributed by atoms with Gasteiger partial charge in [0, 0.05) is 11.1 Å². The van der Waals surface area contributed by atoms with Gasteiger partial charge in [-0.1, -0.05) is 36.4 Å². The first kappa shape index (κ1) is 14.8. The highest BCUT2D eigenvalue weighted by atomic mass is 19.4. The molecule has 0 aliphatic heterocycles. The fourth-order valence-corrected chi connectivity index (χ4v) is 1.79. The van der Waals surface area contributed by atoms with Crippen molar-refractivity contribution < 1.29 is 22.8 Å². The van der Waals surface area contributed by atoms with Crippen LogP contribution < -0.4 is 10.6 Å². The molecule has 0 aliphatic rings. The summed E-state index contributed by atoms with van der Waals surface area (Å²) in [7, 11) is 0. The molecule has 2 N–H and O–H groups in total. The molecular weight excluding hydrogens is 285 g/mol. The fourth-order valence-electron chi connectivity index (χ4n) is 1.79. The molecule has 0 fully saturated rings. The van der Waals surface area contributed by atoms with Crippen molar-refractivity contribution in [3.63, 3.8) is 0 Å². The van der Waals surface area contributed by atoms with Crippen molar-refractivity contribution in [2.75, 3.05) is 11.9 Å². The van der Waals surface area contributed by atoms with Crippen LogP contribution in [0.1, 0.15) is 0 Å². The van der Waals surface area contributed by atoms with Crippen LogP contribution >= 0.6 is 0 Å². The summed E-state index contributed by atoms with van der Waals surface area (Å²) in [6.45, 7) is -0.748. The number of amides is 2. The van der Waals surface area contributed by atoms with Gasteiger partial charge in [-0.3, -0.25) is 9.59 Å². The molecule has 0 radical (unpaired) electrons. The van der Waals surface area contributed by atoms with Crippen LogP contribution in [0.15, 0.2) is 42.5 Å². The van der Waals surface area contributed by atoms with Crippen molar-refractivity contribution in [3.05, 3.63) is 42.5 Å². The maximum Gasteiger partial charge on any atom is 0.471 e. The highest BCUT2D eigenvalue weighted by Gasteiger charge is 2.38. The van der Waals surface area contributed by atoms with E-state index in [0.717, 1.165) is 10.8 Å². The molecular formula is C14H11F3N2O2. The Morgan fingerprint density at radius 2 is 1.67 bits per heavy atom. The number of carbonyl (C=O) groups is 2. The molecule has 0 heterocycles. The van der Waals surface area contributed by atoms with Gasteiger partial charge in [0.15, 0.2) is 0 Å². The van der Waals surface area contributed by atoms with E-state index < -0.39 is 24.5 Å². The number of fused-ring (bicyclic) bond motifs is 1. The van der Waals surface area contributed by atoms with Crippen LogP contribution in [0.2, 0.25) is 0 Å². The quantitative estimate of drug-likeness (QED) is 0.914. The van der Waals surface area contributed by atoms with Crippen molar-refractivity contribution >= 4 is 28.3 Å². The van der Waals surface area contributed by atoms with Crippen molar-refractivity contribution in [1.29, 1.82) is 0 Å². The van der Waals surface area contributed by atoms with E-state index in [2.05, 4.69) is 5.32 Å². The molecule has 0 unspecified atom stereocenters. The van der Waals surface area contributed by atoms with E-state index in [-0.39, 0.29) is 0 Å². The van der Waals surface area contributed by atoms with E-state index in [0.29, 0.717) is 5.69 Å². The average Bonchev–Trinajstić information content (AvgIpc) is 2.44. The first-order valence-corrected chi connectivity index (χ1v) is 6.00. The molecule has 0 saturated carbocycles. The van der Waals surface area contributed by atoms with Crippen molar-refractivity contribution in [1.82, 2.24) is 5.32 Å². The van der Waals surface area contributed by atoms with E-state index in [1.165, 1.54) is 5.32 Å². The minimum atomic E-state index is -5.00. The first-order chi connectivity index (χ1) is 9.88. The molecule has 4 nitrogen and oxygen atoms in total. The number of carbonyl (C=O) groups excluding carboxylic acids is 2. The summed E-state index contributed by atoms with van der Waals surface area (Å²) in [6.07, 6.45) is -5.00. The third kappa shape index (κ3) is 3.71. The maximum atomic E-state index is 12.0. The lowest BCUT2D eigenvalue weighted by molar-refractivity contribution is -0.173. The van der Waals surface area contributed by atoms with E-state index >= 15 is 0 Å². The Bertz CT molecular complexity index is 678. The van der Waals surface area contributed by atoms with Gasteiger partial charge in [0.1, 0.15) is 0 Å². The lowest BCUT2D eigenvalue weighted by atomic mass is 10.1. The zero-order chi connectivity index (χ0) is 15.5. The monoisotopic (exact) mass is 296 g/mol. The average molecular weight is 296 g/mol. The Kier molecular flexibility index (Phi) is 4.11. The number of nitrogens with one attached hydrogen (secondary N) is 2. The molecule has 21 heavy (non-hydrogen) atoms. The number of hydrogen-bond donors (Lipinski definition) is 2. The lowest BCUT2D eigenvalue weighted by Gasteiger charge is -2.10. The topological polar surface area (TPSA) is 58.2 Å². The molecule has 0 spiro atoms. The van der Waals surface area contributed by atoms with Gasteiger partial charge >= 0.3 is 12.1 Å². The number of benzene rings is 2. The molecule has 2 amide bonds. The Hall–Kier alpha value is -2.57. The Balaban J connectivity index is 2.04. The number of rotatable bonds is 3. The lowest BCUT2D eigenvalue weighted by Crippen LogP contribution is -2.41. The number of hydrogen-bond acceptors (Lipinski definition) is 2. The summed E-state index contributed by atoms with van der Waals surface area (Å²) in [5.74, 6) is -2.88. The molecule has 2 aromatic rings. The number of alkyl halides is 3. The van der Waals surface area contributed by atoms with Gasteiger partial charge in [-0.05, 0) is 11.5 Å². The van der Waals surface area contributed by atoms with Gasteiger partial charge in [-0.15, -0.1) is 0 Å². The number of halogens is 3. The molecule has 2 rings (SSSR count). The van der Waals surface area contributed by atoms with Crippen LogP contribution in [0.4, 0.5) is 18.9 Å². The van der Waals surface area contributed by atoms with Gasteiger partial charge < -0.3 is 10.6 Å². The van der Waals surface area contributed by atoms with Crippen LogP contribution in [0, 0.1) is 0 Å². The Labute approximate surface area is 117 Å². The van der Waals surface area contributed by atoms with Crippen LogP contribution in [0.25, 0.3) is 10.8 Å². The highest BCUT2D eigenvalue weighted by molar-refractivity contribution is 6.03. The maximum absolute atomic E-state index is 12.0. The second-order valence-electron chi connectivity index (χ2n) is 4.26. The largest absolute Gasteiger partial charge is 0.471 e. The predicted molar refractivity (Wildman–Crippen MR) is 71.6 cm³/mol. The van der Waals surface area contributed by atoms with E-state index in [9.17, 15) is 22.8 Å². The standard InChI is InChI=1S/C14H11F3N2O2/c15-14(16,17)13(21)18-8-12(20)19-11-7-3-5-9-4-1-2-6-10(9)11/h1-7H,8H2,(H,18,21)(H,19,20). The zero-order valence-corrected chi connectivity index (χ0v) is 10.7. The minimum Gasteiger partial charge on any atom is -0.339 e. The van der Waals surface area contributed by atoms with Gasteiger partial charge in [-0.2, -0.15) is 13.2 Å². The molecule has 0 aromatic heterocycles. The normalized spacial score (nSPS) is 11.2. The summed E-state index contributed by atoms with van der Waals surface area (Å²) < 4.78 is 36.0. The molecule has 0 atom stereocenters. The second kappa shape index (κ2) is 5.82. The molecule has 110 valence electrons. The fraction of sp³-hybridized carbons (Fsp3) is 0.143. The molecule has 0 saturated heterocycles. The first-order valence-electron chi connectivity index (χ1n) is 6.00. The zero-order valence-electron chi connectivity index (χ0n) is 10.7. The molecule has 7 heteroatoms. The van der Waals surface area contributed by atoms with Crippen LogP contribution in [-0.2, 0) is 9.59 Å². The van der Waals surface area contributed by atoms with Crippen molar-refractivity contribution in [3.8, 4) is 0 Å². The van der Waals surface area contributed by atoms with E-state index in [1.54, 1.807) is 24.3 Å². The van der Waals surface area contributed by atoms with Crippen LogP contribution in [0.3, 0.4) is 0 Å². The van der Waals surface area contributed by atoms with Gasteiger partial charge in [-0.25, -0.2) is 0 Å². The summed E-state index contributed by atoms with van der Waals surface area (Å²) in [5, 5.41) is 5.63. The third-order valence-electron chi connectivity index (χ3n) is 2.73. The van der Waals surface area contributed by atoms with Crippen molar-refractivity contribution in [2.24, 2.45) is 0 Å². The van der Waals surface area contributed by atoms with Gasteiger partial charge in [0.05, 0.1) is 6.54 Å². The van der Waals surface area contributed by atoms with Gasteiger partial charge in [0.25, 0.3) is 0 Å². The predicted octanol–water partition coefficient (Wildman–Crippen LogP) is 2.46. The minimum absolute atomic E-state index is 0.472. The summed E-state index contributed by atoms with van der Waals surface area (Å²) in [4.78, 5) is 22.2. The molecule has 0 aliphatic carbocycles.